The highest BCUT2D eigenvalue weighted by Crippen LogP contribution is 2.22. The SMILES string of the molecule is CC(=O)Oc1ccc(-n2c(C)cc(C=Nn3c(C)nc4ccc(Br)cc4c3=O)c2C)cc1. The monoisotopic (exact) mass is 492 g/mol. The van der Waals surface area contributed by atoms with Crippen LogP contribution >= 0.6 is 15.9 Å². The molecule has 0 saturated carbocycles. The van der Waals surface area contributed by atoms with Gasteiger partial charge in [-0.05, 0) is 69.3 Å². The molecule has 0 spiro atoms. The van der Waals surface area contributed by atoms with E-state index < -0.39 is 0 Å². The third-order valence-corrected chi connectivity index (χ3v) is 5.60. The van der Waals surface area contributed by atoms with Crippen molar-refractivity contribution >= 4 is 39.0 Å². The molecule has 2 aromatic heterocycles. The van der Waals surface area contributed by atoms with Crippen LogP contribution in [0, 0.1) is 20.8 Å². The normalized spacial score (nSPS) is 11.4. The molecule has 0 radical (unpaired) electrons. The van der Waals surface area contributed by atoms with E-state index in [1.807, 2.05) is 44.2 Å². The minimum atomic E-state index is -0.356. The summed E-state index contributed by atoms with van der Waals surface area (Å²) in [5.74, 6) is 0.650. The molecule has 0 N–H and O–H groups in total. The van der Waals surface area contributed by atoms with E-state index in [1.165, 1.54) is 11.6 Å². The molecule has 0 aliphatic rings. The Bertz CT molecular complexity index is 1430. The summed E-state index contributed by atoms with van der Waals surface area (Å²) in [6, 6.07) is 14.7. The van der Waals surface area contributed by atoms with Crippen LogP contribution in [0.4, 0.5) is 0 Å². The zero-order valence-electron chi connectivity index (χ0n) is 18.1. The lowest BCUT2D eigenvalue weighted by Crippen LogP contribution is -2.20. The summed E-state index contributed by atoms with van der Waals surface area (Å²) in [5.41, 5.74) is 4.20. The maximum atomic E-state index is 13.0. The first kappa shape index (κ1) is 21.7. The van der Waals surface area contributed by atoms with Crippen LogP contribution in [-0.4, -0.2) is 26.4 Å². The molecule has 162 valence electrons. The summed E-state index contributed by atoms with van der Waals surface area (Å²) in [6.45, 7) is 7.11. The lowest BCUT2D eigenvalue weighted by Gasteiger charge is -2.10. The van der Waals surface area contributed by atoms with Crippen LogP contribution in [0.2, 0.25) is 0 Å². The first-order valence-corrected chi connectivity index (χ1v) is 10.7. The Morgan fingerprint density at radius 3 is 2.50 bits per heavy atom. The quantitative estimate of drug-likeness (QED) is 0.235. The van der Waals surface area contributed by atoms with Gasteiger partial charge in [0.2, 0.25) is 0 Å². The minimum Gasteiger partial charge on any atom is -0.427 e. The predicted molar refractivity (Wildman–Crippen MR) is 128 cm³/mol. The second-order valence-corrected chi connectivity index (χ2v) is 8.35. The largest absolute Gasteiger partial charge is 0.427 e. The molecular weight excluding hydrogens is 472 g/mol. The molecule has 4 aromatic rings. The van der Waals surface area contributed by atoms with Crippen LogP contribution in [0.1, 0.15) is 29.7 Å². The van der Waals surface area contributed by atoms with Gasteiger partial charge in [-0.25, -0.2) is 4.98 Å². The van der Waals surface area contributed by atoms with Crippen LogP contribution in [0.25, 0.3) is 16.6 Å². The number of hydrogen-bond donors (Lipinski definition) is 0. The van der Waals surface area contributed by atoms with Gasteiger partial charge in [0.25, 0.3) is 5.56 Å². The first-order valence-electron chi connectivity index (χ1n) is 9.95. The van der Waals surface area contributed by atoms with E-state index in [0.717, 1.165) is 27.1 Å². The van der Waals surface area contributed by atoms with Crippen molar-refractivity contribution in [3.63, 3.8) is 0 Å². The van der Waals surface area contributed by atoms with Crippen molar-refractivity contribution in [3.8, 4) is 11.4 Å². The standard InChI is InChI=1S/C24H21BrN4O3/c1-14-11-18(15(2)28(14)20-6-8-21(9-7-20)32-17(4)30)13-26-29-16(3)27-23-10-5-19(25)12-22(23)24(29)31/h5-13H,1-4H3. The number of aromatic nitrogens is 3. The van der Waals surface area contributed by atoms with Gasteiger partial charge in [-0.3, -0.25) is 9.59 Å². The second kappa shape index (κ2) is 8.55. The Morgan fingerprint density at radius 2 is 1.81 bits per heavy atom. The molecule has 0 atom stereocenters. The Kier molecular flexibility index (Phi) is 5.80. The van der Waals surface area contributed by atoms with Gasteiger partial charge in [0.05, 0.1) is 17.1 Å². The molecule has 0 amide bonds. The van der Waals surface area contributed by atoms with Gasteiger partial charge in [0.1, 0.15) is 11.6 Å². The highest BCUT2D eigenvalue weighted by Gasteiger charge is 2.12. The lowest BCUT2D eigenvalue weighted by molar-refractivity contribution is -0.131. The number of benzene rings is 2. The number of rotatable bonds is 4. The summed E-state index contributed by atoms with van der Waals surface area (Å²) in [6.07, 6.45) is 1.67. The van der Waals surface area contributed by atoms with Crippen molar-refractivity contribution < 1.29 is 9.53 Å². The van der Waals surface area contributed by atoms with Crippen LogP contribution in [-0.2, 0) is 4.79 Å². The fourth-order valence-electron chi connectivity index (χ4n) is 3.66. The van der Waals surface area contributed by atoms with Gasteiger partial charge >= 0.3 is 5.97 Å². The molecule has 0 aliphatic carbocycles. The number of ether oxygens (including phenoxy) is 1. The minimum absolute atomic E-state index is 0.222. The Hall–Kier alpha value is -3.52. The predicted octanol–water partition coefficient (Wildman–Crippen LogP) is 4.68. The van der Waals surface area contributed by atoms with E-state index in [4.69, 9.17) is 4.74 Å². The van der Waals surface area contributed by atoms with Crippen LogP contribution in [0.3, 0.4) is 0 Å². The van der Waals surface area contributed by atoms with Gasteiger partial charge in [-0.15, -0.1) is 0 Å². The van der Waals surface area contributed by atoms with Gasteiger partial charge in [-0.2, -0.15) is 9.78 Å². The fourth-order valence-corrected chi connectivity index (χ4v) is 4.02. The fraction of sp³-hybridized carbons (Fsp3) is 0.167. The van der Waals surface area contributed by atoms with Crippen molar-refractivity contribution in [1.29, 1.82) is 0 Å². The smallest absolute Gasteiger partial charge is 0.308 e. The lowest BCUT2D eigenvalue weighted by atomic mass is 10.2. The topological polar surface area (TPSA) is 78.5 Å². The molecule has 2 aromatic carbocycles. The Balaban J connectivity index is 1.71. The zero-order chi connectivity index (χ0) is 23.0. The van der Waals surface area contributed by atoms with Crippen LogP contribution in [0.15, 0.2) is 62.9 Å². The highest BCUT2D eigenvalue weighted by atomic mass is 79.9. The molecule has 4 rings (SSSR count). The number of esters is 1. The van der Waals surface area contributed by atoms with Crippen molar-refractivity contribution in [3.05, 3.63) is 86.1 Å². The molecule has 8 heteroatoms. The summed E-state index contributed by atoms with van der Waals surface area (Å²) >= 11 is 3.40. The number of carbonyl (C=O) groups excluding carboxylic acids is 1. The van der Waals surface area contributed by atoms with Crippen molar-refractivity contribution in [2.45, 2.75) is 27.7 Å². The Morgan fingerprint density at radius 1 is 1.09 bits per heavy atom. The van der Waals surface area contributed by atoms with Crippen molar-refractivity contribution in [2.75, 3.05) is 0 Å². The highest BCUT2D eigenvalue weighted by molar-refractivity contribution is 9.10. The summed E-state index contributed by atoms with van der Waals surface area (Å²) in [7, 11) is 0. The molecule has 0 unspecified atom stereocenters. The molecule has 0 saturated heterocycles. The van der Waals surface area contributed by atoms with E-state index in [9.17, 15) is 9.59 Å². The number of fused-ring (bicyclic) bond motifs is 1. The molecule has 0 aliphatic heterocycles. The maximum absolute atomic E-state index is 13.0. The number of aryl methyl sites for hydroxylation is 2. The van der Waals surface area contributed by atoms with Gasteiger partial charge < -0.3 is 9.30 Å². The number of carbonyl (C=O) groups is 1. The average Bonchev–Trinajstić information content (AvgIpc) is 3.02. The molecule has 32 heavy (non-hydrogen) atoms. The number of hydrogen-bond acceptors (Lipinski definition) is 5. The van der Waals surface area contributed by atoms with Gasteiger partial charge in [0.15, 0.2) is 0 Å². The van der Waals surface area contributed by atoms with Crippen LogP contribution < -0.4 is 10.3 Å². The number of nitrogens with zero attached hydrogens (tertiary/aromatic N) is 4. The molecule has 7 nitrogen and oxygen atoms in total. The summed E-state index contributed by atoms with van der Waals surface area (Å²) in [5, 5.41) is 4.94. The van der Waals surface area contributed by atoms with E-state index >= 15 is 0 Å². The van der Waals surface area contributed by atoms with E-state index in [2.05, 4.69) is 30.6 Å². The van der Waals surface area contributed by atoms with E-state index in [-0.39, 0.29) is 11.5 Å². The van der Waals surface area contributed by atoms with Crippen LogP contribution in [0.5, 0.6) is 5.75 Å². The molecular formula is C24H21BrN4O3. The molecule has 0 bridgehead atoms. The van der Waals surface area contributed by atoms with Gasteiger partial charge in [-0.1, -0.05) is 15.9 Å². The third-order valence-electron chi connectivity index (χ3n) is 5.11. The number of halogens is 1. The maximum Gasteiger partial charge on any atom is 0.308 e. The second-order valence-electron chi connectivity index (χ2n) is 7.43. The molecule has 0 fully saturated rings. The Labute approximate surface area is 193 Å². The van der Waals surface area contributed by atoms with E-state index in [0.29, 0.717) is 22.5 Å². The van der Waals surface area contributed by atoms with Gasteiger partial charge in [0, 0.05) is 34.0 Å². The zero-order valence-corrected chi connectivity index (χ0v) is 19.7. The first-order chi connectivity index (χ1) is 15.2. The molecule has 2 heterocycles. The third kappa shape index (κ3) is 4.13. The van der Waals surface area contributed by atoms with Crippen molar-refractivity contribution in [1.82, 2.24) is 14.2 Å². The summed E-state index contributed by atoms with van der Waals surface area (Å²) < 4.78 is 9.31. The summed E-state index contributed by atoms with van der Waals surface area (Å²) in [4.78, 5) is 28.6. The average molecular weight is 493 g/mol. The van der Waals surface area contributed by atoms with E-state index in [1.54, 1.807) is 31.3 Å². The van der Waals surface area contributed by atoms with Crippen molar-refractivity contribution in [2.24, 2.45) is 5.10 Å².